The monoisotopic (exact) mass is 422 g/mol. The number of rotatable bonds is 5. The van der Waals surface area contributed by atoms with Crippen LogP contribution < -0.4 is 9.62 Å². The maximum absolute atomic E-state index is 13.5. The molecule has 3 aromatic rings. The van der Waals surface area contributed by atoms with Crippen LogP contribution in [0, 0.1) is 0 Å². The second-order valence-electron chi connectivity index (χ2n) is 7.06. The molecule has 0 saturated heterocycles. The zero-order valence-corrected chi connectivity index (χ0v) is 17.3. The minimum Gasteiger partial charge on any atom is -0.346 e. The fraction of sp³-hybridized carbons (Fsp3) is 0.182. The summed E-state index contributed by atoms with van der Waals surface area (Å²) in [6.07, 6.45) is 3.36. The molecule has 1 aromatic heterocycles. The van der Waals surface area contributed by atoms with Crippen LogP contribution in [-0.4, -0.2) is 30.7 Å². The Morgan fingerprint density at radius 3 is 2.73 bits per heavy atom. The van der Waals surface area contributed by atoms with Crippen molar-refractivity contribution in [2.45, 2.75) is 17.4 Å². The van der Waals surface area contributed by atoms with E-state index in [1.54, 1.807) is 41.2 Å². The lowest BCUT2D eigenvalue weighted by Gasteiger charge is -2.35. The maximum Gasteiger partial charge on any atom is 0.264 e. The topological polar surface area (TPSA) is 84.3 Å². The van der Waals surface area contributed by atoms with Gasteiger partial charge in [-0.2, -0.15) is 5.10 Å². The van der Waals surface area contributed by atoms with Gasteiger partial charge in [0, 0.05) is 25.4 Å². The summed E-state index contributed by atoms with van der Waals surface area (Å²) in [5.41, 5.74) is 2.95. The number of carbonyl (C=O) groups excluding carboxylic acids is 1. The van der Waals surface area contributed by atoms with E-state index in [9.17, 15) is 13.2 Å². The standard InChI is InChI=1S/C22H22N4O3S/c1-3-22(27)24-19-12-14-26(21-10-5-4-9-18(19)21)30(28,29)17-8-6-7-16(15-17)20-11-13-23-25(20)2/h3-11,13,15,19H,1,12,14H2,2H3,(H,24,27). The molecule has 0 bridgehead atoms. The van der Waals surface area contributed by atoms with Gasteiger partial charge in [0.15, 0.2) is 0 Å². The number of para-hydroxylation sites is 1. The molecule has 30 heavy (non-hydrogen) atoms. The van der Waals surface area contributed by atoms with Crippen LogP contribution in [0.15, 0.2) is 78.3 Å². The number of fused-ring (bicyclic) bond motifs is 1. The summed E-state index contributed by atoms with van der Waals surface area (Å²) < 4.78 is 30.2. The number of anilines is 1. The molecule has 1 aliphatic heterocycles. The Morgan fingerprint density at radius 1 is 1.20 bits per heavy atom. The number of amides is 1. The fourth-order valence-electron chi connectivity index (χ4n) is 3.76. The van der Waals surface area contributed by atoms with Crippen LogP contribution in [0.3, 0.4) is 0 Å². The lowest BCUT2D eigenvalue weighted by molar-refractivity contribution is -0.117. The van der Waals surface area contributed by atoms with Crippen LogP contribution in [0.25, 0.3) is 11.3 Å². The summed E-state index contributed by atoms with van der Waals surface area (Å²) in [4.78, 5) is 12.0. The Bertz CT molecular complexity index is 1220. The lowest BCUT2D eigenvalue weighted by atomic mass is 9.98. The fourth-order valence-corrected chi connectivity index (χ4v) is 5.31. The van der Waals surface area contributed by atoms with Crippen LogP contribution in [0.5, 0.6) is 0 Å². The number of nitrogens with zero attached hydrogens (tertiary/aromatic N) is 3. The van der Waals surface area contributed by atoms with Crippen molar-refractivity contribution in [3.8, 4) is 11.3 Å². The van der Waals surface area contributed by atoms with Gasteiger partial charge in [-0.25, -0.2) is 8.42 Å². The molecule has 1 aliphatic rings. The van der Waals surface area contributed by atoms with Gasteiger partial charge in [0.2, 0.25) is 5.91 Å². The predicted molar refractivity (Wildman–Crippen MR) is 115 cm³/mol. The Labute approximate surface area is 175 Å². The van der Waals surface area contributed by atoms with Crippen LogP contribution in [0.2, 0.25) is 0 Å². The molecule has 1 amide bonds. The first-order chi connectivity index (χ1) is 14.4. The minimum absolute atomic E-state index is 0.213. The van der Waals surface area contributed by atoms with E-state index in [0.717, 1.165) is 16.8 Å². The summed E-state index contributed by atoms with van der Waals surface area (Å²) in [5.74, 6) is -0.282. The van der Waals surface area contributed by atoms with Gasteiger partial charge in [-0.15, -0.1) is 0 Å². The summed E-state index contributed by atoms with van der Waals surface area (Å²) in [7, 11) is -1.97. The molecule has 2 aromatic carbocycles. The third kappa shape index (κ3) is 3.50. The Kier molecular flexibility index (Phi) is 5.17. The average Bonchev–Trinajstić information content (AvgIpc) is 3.19. The molecule has 0 aliphatic carbocycles. The van der Waals surface area contributed by atoms with E-state index in [1.165, 1.54) is 10.4 Å². The van der Waals surface area contributed by atoms with Crippen molar-refractivity contribution < 1.29 is 13.2 Å². The van der Waals surface area contributed by atoms with Crippen LogP contribution in [-0.2, 0) is 21.9 Å². The first-order valence-corrected chi connectivity index (χ1v) is 11.0. The highest BCUT2D eigenvalue weighted by Crippen LogP contribution is 2.37. The molecule has 7 nitrogen and oxygen atoms in total. The van der Waals surface area contributed by atoms with Crippen molar-refractivity contribution in [3.05, 3.63) is 79.0 Å². The van der Waals surface area contributed by atoms with Gasteiger partial charge >= 0.3 is 0 Å². The van der Waals surface area contributed by atoms with Crippen molar-refractivity contribution in [3.63, 3.8) is 0 Å². The second kappa shape index (κ2) is 7.79. The van der Waals surface area contributed by atoms with Gasteiger partial charge in [0.25, 0.3) is 10.0 Å². The van der Waals surface area contributed by atoms with Crippen LogP contribution in [0.4, 0.5) is 5.69 Å². The molecule has 154 valence electrons. The lowest BCUT2D eigenvalue weighted by Crippen LogP contribution is -2.40. The number of benzene rings is 2. The third-order valence-electron chi connectivity index (χ3n) is 5.24. The first-order valence-electron chi connectivity index (χ1n) is 9.55. The molecule has 1 atom stereocenters. The molecule has 0 fully saturated rings. The number of nitrogens with one attached hydrogen (secondary N) is 1. The van der Waals surface area contributed by atoms with Crippen molar-refractivity contribution in [1.29, 1.82) is 0 Å². The largest absolute Gasteiger partial charge is 0.346 e. The summed E-state index contributed by atoms with van der Waals surface area (Å²) in [6, 6.07) is 15.7. The summed E-state index contributed by atoms with van der Waals surface area (Å²) in [5, 5.41) is 7.04. The number of hydrogen-bond donors (Lipinski definition) is 1. The highest BCUT2D eigenvalue weighted by atomic mass is 32.2. The smallest absolute Gasteiger partial charge is 0.264 e. The normalized spacial score (nSPS) is 16.0. The van der Waals surface area contributed by atoms with Gasteiger partial charge in [0.1, 0.15) is 0 Å². The summed E-state index contributed by atoms with van der Waals surface area (Å²) >= 11 is 0. The van der Waals surface area contributed by atoms with Gasteiger partial charge in [-0.1, -0.05) is 36.9 Å². The van der Waals surface area contributed by atoms with Crippen molar-refractivity contribution in [2.75, 3.05) is 10.8 Å². The molecule has 1 unspecified atom stereocenters. The van der Waals surface area contributed by atoms with E-state index >= 15 is 0 Å². The molecule has 4 rings (SSSR count). The number of aryl methyl sites for hydroxylation is 1. The van der Waals surface area contributed by atoms with Crippen molar-refractivity contribution in [2.24, 2.45) is 7.05 Å². The first kappa shape index (κ1) is 19.9. The van der Waals surface area contributed by atoms with Crippen molar-refractivity contribution in [1.82, 2.24) is 15.1 Å². The molecule has 0 spiro atoms. The highest BCUT2D eigenvalue weighted by Gasteiger charge is 2.33. The minimum atomic E-state index is -3.79. The van der Waals surface area contributed by atoms with E-state index < -0.39 is 10.0 Å². The molecule has 8 heteroatoms. The van der Waals surface area contributed by atoms with E-state index in [1.807, 2.05) is 31.3 Å². The molecular weight excluding hydrogens is 400 g/mol. The number of hydrogen-bond acceptors (Lipinski definition) is 4. The van der Waals surface area contributed by atoms with E-state index in [0.29, 0.717) is 12.1 Å². The molecular formula is C22H22N4O3S. The highest BCUT2D eigenvalue weighted by molar-refractivity contribution is 7.92. The molecule has 2 heterocycles. The second-order valence-corrected chi connectivity index (χ2v) is 8.92. The van der Waals surface area contributed by atoms with Crippen LogP contribution in [0.1, 0.15) is 18.0 Å². The Hall–Kier alpha value is -3.39. The van der Waals surface area contributed by atoms with Crippen LogP contribution >= 0.6 is 0 Å². The maximum atomic E-state index is 13.5. The zero-order chi connectivity index (χ0) is 21.3. The number of carbonyl (C=O) groups is 1. The van der Waals surface area contributed by atoms with E-state index in [-0.39, 0.29) is 23.4 Å². The van der Waals surface area contributed by atoms with Gasteiger partial charge in [-0.3, -0.25) is 13.8 Å². The SMILES string of the molecule is C=CC(=O)NC1CCN(S(=O)(=O)c2cccc(-c3ccnn3C)c2)c2ccccc21. The van der Waals surface area contributed by atoms with Gasteiger partial charge in [0.05, 0.1) is 22.3 Å². The molecule has 0 radical (unpaired) electrons. The zero-order valence-electron chi connectivity index (χ0n) is 16.5. The predicted octanol–water partition coefficient (Wildman–Crippen LogP) is 3.03. The van der Waals surface area contributed by atoms with Gasteiger partial charge < -0.3 is 5.32 Å². The van der Waals surface area contributed by atoms with E-state index in [4.69, 9.17) is 0 Å². The van der Waals surface area contributed by atoms with Gasteiger partial charge in [-0.05, 0) is 42.3 Å². The average molecular weight is 423 g/mol. The number of sulfonamides is 1. The molecule has 0 saturated carbocycles. The van der Waals surface area contributed by atoms with E-state index in [2.05, 4.69) is 17.0 Å². The quantitative estimate of drug-likeness (QED) is 0.641. The van der Waals surface area contributed by atoms with Crippen molar-refractivity contribution >= 4 is 21.6 Å². The summed E-state index contributed by atoms with van der Waals surface area (Å²) in [6.45, 7) is 3.75. The molecule has 1 N–H and O–H groups in total. The third-order valence-corrected chi connectivity index (χ3v) is 7.05. The number of aromatic nitrogens is 2. The Balaban J connectivity index is 1.73. The Morgan fingerprint density at radius 2 is 2.00 bits per heavy atom.